The largest absolute Gasteiger partial charge is 0.394 e. The Morgan fingerprint density at radius 1 is 1.50 bits per heavy atom. The van der Waals surface area contributed by atoms with E-state index in [1.165, 1.54) is 0 Å². The SMILES string of the molecule is [N-]=[N+]=NCC(=O)C1(O)O[C@H](CO)[C@@H](O)[C@H](O)[C@H]1N. The van der Waals surface area contributed by atoms with Crippen LogP contribution in [-0.4, -0.2) is 69.5 Å². The molecule has 6 N–H and O–H groups in total. The summed E-state index contributed by atoms with van der Waals surface area (Å²) in [4.78, 5) is 13.9. The van der Waals surface area contributed by atoms with E-state index >= 15 is 0 Å². The number of Topliss-reactive ketones (excluding diaryl/α,β-unsaturated/α-hetero) is 1. The van der Waals surface area contributed by atoms with E-state index < -0.39 is 49.1 Å². The van der Waals surface area contributed by atoms with Crippen LogP contribution in [-0.2, 0) is 9.53 Å². The molecule has 5 atom stereocenters. The molecule has 1 rings (SSSR count). The molecule has 0 aromatic rings. The first-order valence-corrected chi connectivity index (χ1v) is 5.05. The van der Waals surface area contributed by atoms with Gasteiger partial charge in [-0.25, -0.2) is 0 Å². The third kappa shape index (κ3) is 2.44. The molecule has 0 saturated carbocycles. The first kappa shape index (κ1) is 14.8. The summed E-state index contributed by atoms with van der Waals surface area (Å²) in [7, 11) is 0. The molecule has 102 valence electrons. The maximum Gasteiger partial charge on any atom is 0.245 e. The number of carbonyl (C=O) groups excluding carboxylic acids is 1. The molecule has 0 amide bonds. The van der Waals surface area contributed by atoms with Crippen LogP contribution in [0.25, 0.3) is 10.4 Å². The highest BCUT2D eigenvalue weighted by atomic mass is 16.7. The van der Waals surface area contributed by atoms with Crippen molar-refractivity contribution in [1.82, 2.24) is 0 Å². The van der Waals surface area contributed by atoms with Gasteiger partial charge in [-0.1, -0.05) is 5.11 Å². The first-order chi connectivity index (χ1) is 8.38. The summed E-state index contributed by atoms with van der Waals surface area (Å²) >= 11 is 0. The number of aliphatic hydroxyl groups is 4. The number of hydrogen-bond acceptors (Lipinski definition) is 8. The van der Waals surface area contributed by atoms with Gasteiger partial charge in [-0.05, 0) is 5.53 Å². The van der Waals surface area contributed by atoms with Crippen LogP contribution in [0.3, 0.4) is 0 Å². The van der Waals surface area contributed by atoms with E-state index in [1.807, 2.05) is 0 Å². The highest BCUT2D eigenvalue weighted by molar-refractivity contribution is 5.88. The zero-order valence-electron chi connectivity index (χ0n) is 9.25. The highest BCUT2D eigenvalue weighted by Crippen LogP contribution is 2.27. The standard InChI is InChI=1S/C8H14N4O6/c9-7-6(16)5(15)3(2-13)18-8(7,17)4(14)1-11-12-10/h3,5-7,13,15-17H,1-2,9H2/t3-,5-,6+,7-,8?/m1/s1. The molecule has 0 radical (unpaired) electrons. The van der Waals surface area contributed by atoms with Crippen LogP contribution in [0.1, 0.15) is 0 Å². The van der Waals surface area contributed by atoms with Crippen molar-refractivity contribution in [3.05, 3.63) is 10.4 Å². The van der Waals surface area contributed by atoms with Gasteiger partial charge in [0.2, 0.25) is 5.79 Å². The van der Waals surface area contributed by atoms with Crippen molar-refractivity contribution in [2.45, 2.75) is 30.1 Å². The molecule has 0 spiro atoms. The number of ketones is 1. The lowest BCUT2D eigenvalue weighted by molar-refractivity contribution is -0.297. The summed E-state index contributed by atoms with van der Waals surface area (Å²) < 4.78 is 4.81. The molecule has 1 saturated heterocycles. The fourth-order valence-corrected chi connectivity index (χ4v) is 1.65. The molecule has 1 aliphatic heterocycles. The van der Waals surface area contributed by atoms with E-state index in [9.17, 15) is 20.1 Å². The quantitative estimate of drug-likeness (QED) is 0.203. The number of ether oxygens (including phenoxy) is 1. The second kappa shape index (κ2) is 5.59. The van der Waals surface area contributed by atoms with Gasteiger partial charge in [0.25, 0.3) is 0 Å². The minimum atomic E-state index is -2.62. The topological polar surface area (TPSA) is 182 Å². The van der Waals surface area contributed by atoms with Gasteiger partial charge in [0.15, 0.2) is 5.78 Å². The van der Waals surface area contributed by atoms with Crippen LogP contribution in [0.15, 0.2) is 5.11 Å². The van der Waals surface area contributed by atoms with Crippen LogP contribution in [0.4, 0.5) is 0 Å². The molecule has 1 aliphatic rings. The predicted molar refractivity (Wildman–Crippen MR) is 55.9 cm³/mol. The average Bonchev–Trinajstić information content (AvgIpc) is 2.37. The van der Waals surface area contributed by atoms with Crippen molar-refractivity contribution in [3.63, 3.8) is 0 Å². The van der Waals surface area contributed by atoms with Crippen LogP contribution < -0.4 is 5.73 Å². The van der Waals surface area contributed by atoms with Gasteiger partial charge in [-0.15, -0.1) is 0 Å². The van der Waals surface area contributed by atoms with E-state index in [2.05, 4.69) is 10.0 Å². The second-order valence-electron chi connectivity index (χ2n) is 3.85. The summed E-state index contributed by atoms with van der Waals surface area (Å²) in [6.45, 7) is -1.47. The van der Waals surface area contributed by atoms with Crippen LogP contribution >= 0.6 is 0 Å². The lowest BCUT2D eigenvalue weighted by Gasteiger charge is -2.44. The van der Waals surface area contributed by atoms with E-state index in [4.69, 9.17) is 21.1 Å². The lowest BCUT2D eigenvalue weighted by Crippen LogP contribution is -2.71. The van der Waals surface area contributed by atoms with E-state index in [1.54, 1.807) is 0 Å². The average molecular weight is 262 g/mol. The minimum Gasteiger partial charge on any atom is -0.394 e. The molecule has 1 heterocycles. The Labute approximate surface area is 101 Å². The summed E-state index contributed by atoms with van der Waals surface area (Å²) in [6, 6.07) is -1.63. The normalized spacial score (nSPS) is 40.1. The zero-order chi connectivity index (χ0) is 13.9. The van der Waals surface area contributed by atoms with Gasteiger partial charge in [-0.3, -0.25) is 4.79 Å². The minimum absolute atomic E-state index is 0.734. The second-order valence-corrected chi connectivity index (χ2v) is 3.85. The van der Waals surface area contributed by atoms with Gasteiger partial charge in [-0.2, -0.15) is 0 Å². The predicted octanol–water partition coefficient (Wildman–Crippen LogP) is -3.01. The molecule has 10 heteroatoms. The number of aliphatic hydroxyl groups excluding tert-OH is 3. The van der Waals surface area contributed by atoms with E-state index in [0.29, 0.717) is 0 Å². The van der Waals surface area contributed by atoms with Gasteiger partial charge >= 0.3 is 0 Å². The summed E-state index contributed by atoms with van der Waals surface area (Å²) in [5.41, 5.74) is 13.5. The third-order valence-corrected chi connectivity index (χ3v) is 2.74. The summed E-state index contributed by atoms with van der Waals surface area (Å²) in [5.74, 6) is -3.70. The number of rotatable bonds is 4. The Kier molecular flexibility index (Phi) is 4.59. The first-order valence-electron chi connectivity index (χ1n) is 5.05. The number of nitrogens with two attached hydrogens (primary N) is 1. The Balaban J connectivity index is 2.97. The van der Waals surface area contributed by atoms with E-state index in [-0.39, 0.29) is 0 Å². The molecule has 18 heavy (non-hydrogen) atoms. The summed E-state index contributed by atoms with van der Waals surface area (Å²) in [5, 5.41) is 40.9. The molecule has 1 fully saturated rings. The molecular formula is C8H14N4O6. The highest BCUT2D eigenvalue weighted by Gasteiger charge is 2.55. The van der Waals surface area contributed by atoms with Crippen LogP contribution in [0.5, 0.6) is 0 Å². The number of nitrogens with zero attached hydrogens (tertiary/aromatic N) is 3. The Bertz CT molecular complexity index is 371. The van der Waals surface area contributed by atoms with Crippen molar-refractivity contribution < 1.29 is 30.0 Å². The zero-order valence-corrected chi connectivity index (χ0v) is 9.25. The van der Waals surface area contributed by atoms with Crippen molar-refractivity contribution in [3.8, 4) is 0 Å². The van der Waals surface area contributed by atoms with Gasteiger partial charge in [0.1, 0.15) is 18.3 Å². The Hall–Kier alpha value is -1.26. The number of hydrogen-bond donors (Lipinski definition) is 5. The van der Waals surface area contributed by atoms with E-state index in [0.717, 1.165) is 0 Å². The van der Waals surface area contributed by atoms with Crippen molar-refractivity contribution >= 4 is 5.78 Å². The molecular weight excluding hydrogens is 248 g/mol. The van der Waals surface area contributed by atoms with Gasteiger partial charge in [0, 0.05) is 4.91 Å². The van der Waals surface area contributed by atoms with Crippen molar-refractivity contribution in [2.24, 2.45) is 10.8 Å². The fraction of sp³-hybridized carbons (Fsp3) is 0.875. The van der Waals surface area contributed by atoms with Gasteiger partial charge < -0.3 is 30.9 Å². The lowest BCUT2D eigenvalue weighted by atomic mass is 9.88. The maximum atomic E-state index is 11.6. The number of carbonyl (C=O) groups is 1. The third-order valence-electron chi connectivity index (χ3n) is 2.74. The van der Waals surface area contributed by atoms with Crippen molar-refractivity contribution in [1.29, 1.82) is 0 Å². The smallest absolute Gasteiger partial charge is 0.245 e. The fourth-order valence-electron chi connectivity index (χ4n) is 1.65. The Morgan fingerprint density at radius 3 is 2.61 bits per heavy atom. The molecule has 1 unspecified atom stereocenters. The number of azide groups is 1. The van der Waals surface area contributed by atoms with Crippen LogP contribution in [0.2, 0.25) is 0 Å². The van der Waals surface area contributed by atoms with Crippen LogP contribution in [0, 0.1) is 0 Å². The molecule has 0 aromatic heterocycles. The Morgan fingerprint density at radius 2 is 2.11 bits per heavy atom. The molecule has 10 nitrogen and oxygen atoms in total. The maximum absolute atomic E-state index is 11.6. The monoisotopic (exact) mass is 262 g/mol. The molecule has 0 bridgehead atoms. The molecule has 0 aromatic carbocycles. The van der Waals surface area contributed by atoms with Gasteiger partial charge in [0.05, 0.1) is 19.2 Å². The molecule has 0 aliphatic carbocycles. The van der Waals surface area contributed by atoms with Crippen molar-refractivity contribution in [2.75, 3.05) is 13.2 Å². The summed E-state index contributed by atoms with van der Waals surface area (Å²) in [6.07, 6.45) is -4.59.